The van der Waals surface area contributed by atoms with Crippen molar-refractivity contribution in [1.82, 2.24) is 9.55 Å². The molecular formula is C16H13BrN2O2. The molecule has 5 heteroatoms. The lowest BCUT2D eigenvalue weighted by atomic mass is 10.1. The van der Waals surface area contributed by atoms with Gasteiger partial charge in [0.15, 0.2) is 0 Å². The molecule has 0 fully saturated rings. The first-order valence-electron chi connectivity index (χ1n) is 6.45. The summed E-state index contributed by atoms with van der Waals surface area (Å²) in [5.41, 5.74) is 4.73. The Bertz CT molecular complexity index is 845. The number of carbonyl (C=O) groups is 1. The topological polar surface area (TPSA) is 55.1 Å². The summed E-state index contributed by atoms with van der Waals surface area (Å²) in [5, 5.41) is 9.23. The highest BCUT2D eigenvalue weighted by molar-refractivity contribution is 9.10. The minimum Gasteiger partial charge on any atom is -0.478 e. The van der Waals surface area contributed by atoms with Gasteiger partial charge in [-0.3, -0.25) is 4.57 Å². The SMILES string of the molecule is Cc1cc(-n2cnc3c(C(=O)O)cccc32)cc(C)c1Br. The summed E-state index contributed by atoms with van der Waals surface area (Å²) < 4.78 is 3.00. The number of aromatic nitrogens is 2. The highest BCUT2D eigenvalue weighted by Crippen LogP contribution is 2.27. The molecule has 0 unspecified atom stereocenters. The molecule has 0 saturated heterocycles. The number of carboxylic acid groups (broad SMARTS) is 1. The minimum absolute atomic E-state index is 0.219. The molecule has 1 aromatic heterocycles. The van der Waals surface area contributed by atoms with E-state index in [1.165, 1.54) is 0 Å². The number of para-hydroxylation sites is 1. The van der Waals surface area contributed by atoms with Gasteiger partial charge in [0, 0.05) is 10.2 Å². The van der Waals surface area contributed by atoms with Crippen molar-refractivity contribution in [2.75, 3.05) is 0 Å². The van der Waals surface area contributed by atoms with Crippen molar-refractivity contribution in [2.45, 2.75) is 13.8 Å². The van der Waals surface area contributed by atoms with Crippen molar-refractivity contribution in [1.29, 1.82) is 0 Å². The second-order valence-corrected chi connectivity index (χ2v) is 5.78. The van der Waals surface area contributed by atoms with Crippen molar-refractivity contribution in [2.24, 2.45) is 0 Å². The van der Waals surface area contributed by atoms with Crippen LogP contribution in [0.2, 0.25) is 0 Å². The van der Waals surface area contributed by atoms with Gasteiger partial charge in [0.2, 0.25) is 0 Å². The molecule has 0 aliphatic heterocycles. The maximum atomic E-state index is 11.3. The molecule has 3 aromatic rings. The molecule has 0 spiro atoms. The smallest absolute Gasteiger partial charge is 0.337 e. The Morgan fingerprint density at radius 1 is 1.24 bits per heavy atom. The van der Waals surface area contributed by atoms with E-state index in [1.54, 1.807) is 18.5 Å². The number of benzene rings is 2. The fourth-order valence-electron chi connectivity index (χ4n) is 2.48. The van der Waals surface area contributed by atoms with Gasteiger partial charge in [-0.2, -0.15) is 0 Å². The molecule has 1 heterocycles. The molecule has 0 amide bonds. The zero-order valence-corrected chi connectivity index (χ0v) is 13.2. The van der Waals surface area contributed by atoms with Gasteiger partial charge >= 0.3 is 5.97 Å². The molecule has 21 heavy (non-hydrogen) atoms. The second kappa shape index (κ2) is 5.00. The molecule has 0 aliphatic carbocycles. The number of rotatable bonds is 2. The molecular weight excluding hydrogens is 332 g/mol. The predicted molar refractivity (Wildman–Crippen MR) is 85.2 cm³/mol. The number of nitrogens with zero attached hydrogens (tertiary/aromatic N) is 2. The van der Waals surface area contributed by atoms with Crippen LogP contribution in [-0.2, 0) is 0 Å². The van der Waals surface area contributed by atoms with Crippen LogP contribution in [0.3, 0.4) is 0 Å². The Kier molecular flexibility index (Phi) is 3.29. The fraction of sp³-hybridized carbons (Fsp3) is 0.125. The summed E-state index contributed by atoms with van der Waals surface area (Å²) in [4.78, 5) is 15.5. The number of carboxylic acids is 1. The molecule has 0 saturated carbocycles. The monoisotopic (exact) mass is 344 g/mol. The van der Waals surface area contributed by atoms with Crippen LogP contribution in [0.4, 0.5) is 0 Å². The van der Waals surface area contributed by atoms with Crippen LogP contribution in [0, 0.1) is 13.8 Å². The first kappa shape index (κ1) is 13.8. The molecule has 4 nitrogen and oxygen atoms in total. The number of halogens is 1. The Morgan fingerprint density at radius 3 is 2.52 bits per heavy atom. The summed E-state index contributed by atoms with van der Waals surface area (Å²) in [7, 11) is 0. The van der Waals surface area contributed by atoms with Crippen molar-refractivity contribution in [3.8, 4) is 5.69 Å². The zero-order chi connectivity index (χ0) is 15.1. The quantitative estimate of drug-likeness (QED) is 0.761. The van der Waals surface area contributed by atoms with E-state index in [0.29, 0.717) is 5.52 Å². The Labute approximate surface area is 130 Å². The molecule has 0 bridgehead atoms. The fourth-order valence-corrected chi connectivity index (χ4v) is 2.71. The minimum atomic E-state index is -0.964. The lowest BCUT2D eigenvalue weighted by molar-refractivity contribution is 0.0699. The van der Waals surface area contributed by atoms with Crippen LogP contribution in [-0.4, -0.2) is 20.6 Å². The van der Waals surface area contributed by atoms with E-state index in [-0.39, 0.29) is 5.56 Å². The summed E-state index contributed by atoms with van der Waals surface area (Å²) in [6.45, 7) is 4.06. The van der Waals surface area contributed by atoms with Crippen molar-refractivity contribution in [3.05, 3.63) is 57.8 Å². The van der Waals surface area contributed by atoms with E-state index in [2.05, 4.69) is 20.9 Å². The van der Waals surface area contributed by atoms with Gasteiger partial charge in [-0.1, -0.05) is 22.0 Å². The van der Waals surface area contributed by atoms with Crippen LogP contribution in [0.25, 0.3) is 16.7 Å². The molecule has 0 aliphatic rings. The van der Waals surface area contributed by atoms with Gasteiger partial charge in [-0.05, 0) is 49.2 Å². The molecule has 1 N–H and O–H groups in total. The van der Waals surface area contributed by atoms with Gasteiger partial charge in [0.25, 0.3) is 0 Å². The molecule has 106 valence electrons. The van der Waals surface area contributed by atoms with E-state index in [1.807, 2.05) is 36.6 Å². The summed E-state index contributed by atoms with van der Waals surface area (Å²) in [6.07, 6.45) is 1.67. The maximum Gasteiger partial charge on any atom is 0.337 e. The molecule has 0 radical (unpaired) electrons. The predicted octanol–water partition coefficient (Wildman–Crippen LogP) is 4.10. The van der Waals surface area contributed by atoms with Crippen LogP contribution in [0.5, 0.6) is 0 Å². The third kappa shape index (κ3) is 2.23. The van der Waals surface area contributed by atoms with E-state index in [0.717, 1.165) is 26.8 Å². The average Bonchev–Trinajstić information content (AvgIpc) is 2.87. The first-order chi connectivity index (χ1) is 9.99. The van der Waals surface area contributed by atoms with Gasteiger partial charge < -0.3 is 5.11 Å². The van der Waals surface area contributed by atoms with Crippen molar-refractivity contribution < 1.29 is 9.90 Å². The number of hydrogen-bond acceptors (Lipinski definition) is 2. The van der Waals surface area contributed by atoms with Crippen molar-refractivity contribution in [3.63, 3.8) is 0 Å². The number of fused-ring (bicyclic) bond motifs is 1. The molecule has 0 atom stereocenters. The van der Waals surface area contributed by atoms with Gasteiger partial charge in [0.05, 0.1) is 11.1 Å². The van der Waals surface area contributed by atoms with E-state index < -0.39 is 5.97 Å². The lowest BCUT2D eigenvalue weighted by Crippen LogP contribution is -1.98. The Hall–Kier alpha value is -2.14. The largest absolute Gasteiger partial charge is 0.478 e. The van der Waals surface area contributed by atoms with Gasteiger partial charge in [-0.25, -0.2) is 9.78 Å². The van der Waals surface area contributed by atoms with Crippen LogP contribution >= 0.6 is 15.9 Å². The normalized spacial score (nSPS) is 11.0. The van der Waals surface area contributed by atoms with E-state index in [4.69, 9.17) is 0 Å². The number of imidazole rings is 1. The number of aryl methyl sites for hydroxylation is 2. The van der Waals surface area contributed by atoms with E-state index in [9.17, 15) is 9.90 Å². The summed E-state index contributed by atoms with van der Waals surface area (Å²) in [6, 6.07) is 9.28. The maximum absolute atomic E-state index is 11.3. The number of hydrogen-bond donors (Lipinski definition) is 1. The summed E-state index contributed by atoms with van der Waals surface area (Å²) >= 11 is 3.55. The molecule has 3 rings (SSSR count). The van der Waals surface area contributed by atoms with Crippen LogP contribution < -0.4 is 0 Å². The first-order valence-corrected chi connectivity index (χ1v) is 7.25. The highest BCUT2D eigenvalue weighted by atomic mass is 79.9. The van der Waals surface area contributed by atoms with Crippen molar-refractivity contribution >= 4 is 32.9 Å². The van der Waals surface area contributed by atoms with E-state index >= 15 is 0 Å². The summed E-state index contributed by atoms with van der Waals surface area (Å²) in [5.74, 6) is -0.964. The average molecular weight is 345 g/mol. The lowest BCUT2D eigenvalue weighted by Gasteiger charge is -2.10. The number of aromatic carboxylic acids is 1. The zero-order valence-electron chi connectivity index (χ0n) is 11.6. The van der Waals surface area contributed by atoms with Gasteiger partial charge in [-0.15, -0.1) is 0 Å². The third-order valence-corrected chi connectivity index (χ3v) is 4.76. The van der Waals surface area contributed by atoms with Crippen LogP contribution in [0.15, 0.2) is 41.1 Å². The molecule has 2 aromatic carbocycles. The van der Waals surface area contributed by atoms with Crippen LogP contribution in [0.1, 0.15) is 21.5 Å². The Balaban J connectivity index is 2.27. The third-order valence-electron chi connectivity index (χ3n) is 3.51. The highest BCUT2D eigenvalue weighted by Gasteiger charge is 2.13. The standard InChI is InChI=1S/C16H13BrN2O2/c1-9-6-11(7-10(2)14(9)17)19-8-18-15-12(16(20)21)4-3-5-13(15)19/h3-8H,1-2H3,(H,20,21). The van der Waals surface area contributed by atoms with Gasteiger partial charge in [0.1, 0.15) is 11.8 Å². The second-order valence-electron chi connectivity index (χ2n) is 4.99. The Morgan fingerprint density at radius 2 is 1.90 bits per heavy atom.